The van der Waals surface area contributed by atoms with E-state index >= 15 is 0 Å². The fourth-order valence-electron chi connectivity index (χ4n) is 3.94. The van der Waals surface area contributed by atoms with E-state index in [1.54, 1.807) is 36.4 Å². The highest BCUT2D eigenvalue weighted by Gasteiger charge is 2.43. The summed E-state index contributed by atoms with van der Waals surface area (Å²) in [7, 11) is 0. The molecule has 2 aromatic rings. The summed E-state index contributed by atoms with van der Waals surface area (Å²) in [6.07, 6.45) is 0.791. The van der Waals surface area contributed by atoms with Crippen LogP contribution in [-0.2, 0) is 4.79 Å². The maximum atomic E-state index is 14.7. The van der Waals surface area contributed by atoms with Crippen molar-refractivity contribution in [2.24, 2.45) is 11.3 Å². The monoisotopic (exact) mass is 422 g/mol. The summed E-state index contributed by atoms with van der Waals surface area (Å²) in [5.74, 6) is -1.32. The van der Waals surface area contributed by atoms with Gasteiger partial charge in [0.2, 0.25) is 5.91 Å². The van der Waals surface area contributed by atoms with E-state index in [0.29, 0.717) is 22.8 Å². The van der Waals surface area contributed by atoms with Crippen LogP contribution >= 0.6 is 23.2 Å². The molecule has 2 aromatic carbocycles. The molecule has 1 aliphatic heterocycles. The van der Waals surface area contributed by atoms with Gasteiger partial charge in [-0.25, -0.2) is 4.39 Å². The van der Waals surface area contributed by atoms with Gasteiger partial charge < -0.3 is 10.6 Å². The highest BCUT2D eigenvalue weighted by molar-refractivity contribution is 6.31. The van der Waals surface area contributed by atoms with Crippen LogP contribution < -0.4 is 10.6 Å². The second-order valence-electron chi connectivity index (χ2n) is 8.55. The molecule has 0 aliphatic carbocycles. The van der Waals surface area contributed by atoms with E-state index in [9.17, 15) is 9.18 Å². The van der Waals surface area contributed by atoms with Crippen LogP contribution in [-0.4, -0.2) is 18.5 Å². The van der Waals surface area contributed by atoms with Crippen LogP contribution in [0.25, 0.3) is 0 Å². The quantitative estimate of drug-likeness (QED) is 0.645. The average Bonchev–Trinajstić information content (AvgIpc) is 2.99. The third-order valence-corrected chi connectivity index (χ3v) is 5.60. The molecule has 3 atom stereocenters. The highest BCUT2D eigenvalue weighted by atomic mass is 35.5. The fourth-order valence-corrected chi connectivity index (χ4v) is 4.31. The van der Waals surface area contributed by atoms with Gasteiger partial charge in [-0.2, -0.15) is 0 Å². The molecule has 0 bridgehead atoms. The zero-order chi connectivity index (χ0) is 20.5. The maximum absolute atomic E-state index is 14.7. The minimum atomic E-state index is -0.451. The molecule has 1 heterocycles. The first-order chi connectivity index (χ1) is 13.2. The predicted octanol–water partition coefficient (Wildman–Crippen LogP) is 5.88. The van der Waals surface area contributed by atoms with Crippen LogP contribution in [0.2, 0.25) is 10.0 Å². The van der Waals surface area contributed by atoms with Crippen LogP contribution in [0.1, 0.15) is 38.7 Å². The molecule has 3 unspecified atom stereocenters. The molecule has 3 nitrogen and oxygen atoms in total. The molecule has 1 aliphatic rings. The largest absolute Gasteiger partial charge is 0.326 e. The van der Waals surface area contributed by atoms with Crippen molar-refractivity contribution in [3.05, 3.63) is 63.9 Å². The molecule has 0 radical (unpaired) electrons. The van der Waals surface area contributed by atoms with E-state index in [2.05, 4.69) is 31.4 Å². The zero-order valence-electron chi connectivity index (χ0n) is 16.2. The summed E-state index contributed by atoms with van der Waals surface area (Å²) in [5, 5.41) is 7.02. The number of carbonyl (C=O) groups is 1. The first kappa shape index (κ1) is 21.1. The van der Waals surface area contributed by atoms with E-state index in [1.165, 1.54) is 6.07 Å². The molecule has 28 heavy (non-hydrogen) atoms. The average molecular weight is 423 g/mol. The van der Waals surface area contributed by atoms with Gasteiger partial charge in [-0.3, -0.25) is 4.79 Å². The molecule has 0 saturated carbocycles. The maximum Gasteiger partial charge on any atom is 0.229 e. The minimum absolute atomic E-state index is 0.0218. The summed E-state index contributed by atoms with van der Waals surface area (Å²) in [5.41, 5.74) is 1.13. The van der Waals surface area contributed by atoms with Gasteiger partial charge in [0.25, 0.3) is 0 Å². The predicted molar refractivity (Wildman–Crippen MR) is 114 cm³/mol. The normalized spacial score (nSPS) is 22.3. The fraction of sp³-hybridized carbons (Fsp3) is 0.409. The van der Waals surface area contributed by atoms with E-state index in [1.807, 2.05) is 0 Å². The van der Waals surface area contributed by atoms with Crippen molar-refractivity contribution in [2.75, 3.05) is 11.9 Å². The van der Waals surface area contributed by atoms with Crippen LogP contribution in [0.5, 0.6) is 0 Å². The summed E-state index contributed by atoms with van der Waals surface area (Å²) in [4.78, 5) is 13.3. The minimum Gasteiger partial charge on any atom is -0.326 e. The van der Waals surface area contributed by atoms with Crippen molar-refractivity contribution in [3.8, 4) is 0 Å². The number of carbonyl (C=O) groups excluding carboxylic acids is 1. The molecule has 150 valence electrons. The molecular formula is C22H25Cl2FN2O. The third-order valence-electron chi connectivity index (χ3n) is 5.08. The standard InChI is InChI=1S/C22H25Cl2FN2O/c1-22(2,3)11-18-19(21(28)27-14-7-4-6-13(23)10-14)16(12-26-18)15-8-5-9-17(24)20(15)25/h4-10,16,18-19,26H,11-12H2,1-3H3,(H,27,28). The number of hydrogen-bond donors (Lipinski definition) is 2. The molecule has 1 amide bonds. The van der Waals surface area contributed by atoms with Gasteiger partial charge in [0.05, 0.1) is 10.9 Å². The van der Waals surface area contributed by atoms with E-state index < -0.39 is 11.7 Å². The number of hydrogen-bond acceptors (Lipinski definition) is 2. The second-order valence-corrected chi connectivity index (χ2v) is 9.40. The van der Waals surface area contributed by atoms with Crippen molar-refractivity contribution in [2.45, 2.75) is 39.2 Å². The summed E-state index contributed by atoms with van der Waals surface area (Å²) < 4.78 is 14.7. The molecule has 1 saturated heterocycles. The van der Waals surface area contributed by atoms with Crippen molar-refractivity contribution < 1.29 is 9.18 Å². The highest BCUT2D eigenvalue weighted by Crippen LogP contribution is 2.39. The van der Waals surface area contributed by atoms with Crippen molar-refractivity contribution >= 4 is 34.8 Å². The lowest BCUT2D eigenvalue weighted by Crippen LogP contribution is -2.38. The van der Waals surface area contributed by atoms with E-state index in [4.69, 9.17) is 23.2 Å². The molecule has 6 heteroatoms. The number of benzene rings is 2. The Balaban J connectivity index is 1.93. The number of amides is 1. The third kappa shape index (κ3) is 4.86. The second kappa shape index (κ2) is 8.40. The summed E-state index contributed by atoms with van der Waals surface area (Å²) in [6.45, 7) is 6.92. The number of nitrogens with one attached hydrogen (secondary N) is 2. The molecule has 2 N–H and O–H groups in total. The Kier molecular flexibility index (Phi) is 6.33. The number of rotatable bonds is 4. The van der Waals surface area contributed by atoms with Crippen LogP contribution in [0, 0.1) is 17.2 Å². The van der Waals surface area contributed by atoms with Gasteiger partial charge in [0.1, 0.15) is 5.82 Å². The van der Waals surface area contributed by atoms with Crippen molar-refractivity contribution in [1.82, 2.24) is 5.32 Å². The van der Waals surface area contributed by atoms with E-state index in [0.717, 1.165) is 6.42 Å². The van der Waals surface area contributed by atoms with Gasteiger partial charge in [-0.15, -0.1) is 0 Å². The molecule has 0 aromatic heterocycles. The SMILES string of the molecule is CC(C)(C)CC1NCC(c2cccc(Cl)c2F)C1C(=O)Nc1cccc(Cl)c1. The Hall–Kier alpha value is -1.62. The molecule has 0 spiro atoms. The van der Waals surface area contributed by atoms with Gasteiger partial charge >= 0.3 is 0 Å². The van der Waals surface area contributed by atoms with Gasteiger partial charge in [-0.1, -0.05) is 62.2 Å². The van der Waals surface area contributed by atoms with Crippen molar-refractivity contribution in [3.63, 3.8) is 0 Å². The Bertz CT molecular complexity index is 866. The van der Waals surface area contributed by atoms with Gasteiger partial charge in [0.15, 0.2) is 0 Å². The lowest BCUT2D eigenvalue weighted by Gasteiger charge is -2.29. The first-order valence-electron chi connectivity index (χ1n) is 9.39. The Morgan fingerprint density at radius 1 is 1.21 bits per heavy atom. The molecule has 1 fully saturated rings. The van der Waals surface area contributed by atoms with Crippen LogP contribution in [0.4, 0.5) is 10.1 Å². The summed E-state index contributed by atoms with van der Waals surface area (Å²) >= 11 is 12.0. The van der Waals surface area contributed by atoms with Gasteiger partial charge in [-0.05, 0) is 41.7 Å². The van der Waals surface area contributed by atoms with Crippen molar-refractivity contribution in [1.29, 1.82) is 0 Å². The van der Waals surface area contributed by atoms with Crippen LogP contribution in [0.3, 0.4) is 0 Å². The Morgan fingerprint density at radius 3 is 2.61 bits per heavy atom. The van der Waals surface area contributed by atoms with Gasteiger partial charge in [0, 0.05) is 29.2 Å². The summed E-state index contributed by atoms with van der Waals surface area (Å²) in [6, 6.07) is 11.9. The lowest BCUT2D eigenvalue weighted by atomic mass is 9.78. The molecular weight excluding hydrogens is 398 g/mol. The lowest BCUT2D eigenvalue weighted by molar-refractivity contribution is -0.120. The van der Waals surface area contributed by atoms with Crippen LogP contribution in [0.15, 0.2) is 42.5 Å². The Labute approximate surface area is 175 Å². The number of halogens is 3. The smallest absolute Gasteiger partial charge is 0.229 e. The zero-order valence-corrected chi connectivity index (χ0v) is 17.7. The first-order valence-corrected chi connectivity index (χ1v) is 10.1. The number of anilines is 1. The molecule has 3 rings (SSSR count). The Morgan fingerprint density at radius 2 is 1.93 bits per heavy atom. The van der Waals surface area contributed by atoms with E-state index in [-0.39, 0.29) is 28.3 Å². The topological polar surface area (TPSA) is 41.1 Å².